The standard InChI is InChI=1S/C37H55F2N5O8S/c1-35(2,3)29(42-34(49)43-37(21-53(7,50)51)16-9-8-10-17-37)32(47)44-20-24-27(36(24,4)5)28(44)31(46)41-25(19-26(38)39)30(45)40-18-15-22-11-13-23(14-12-22)33(48)52-6/h11-14,24-29H,8-10,15-21H2,1-7H3,(H,40,45)(H,41,46)(H2,42,43,49)/t24-,25-,27-,28-,29+/m0/s1. The van der Waals surface area contributed by atoms with Gasteiger partial charge in [0, 0.05) is 25.8 Å². The van der Waals surface area contributed by atoms with Gasteiger partial charge in [-0.2, -0.15) is 0 Å². The van der Waals surface area contributed by atoms with Crippen LogP contribution >= 0.6 is 0 Å². The Morgan fingerprint density at radius 2 is 1.62 bits per heavy atom. The number of fused-ring (bicyclic) bond motifs is 1. The van der Waals surface area contributed by atoms with Crippen molar-refractivity contribution in [2.24, 2.45) is 22.7 Å². The Morgan fingerprint density at radius 1 is 1.00 bits per heavy atom. The maximum absolute atomic E-state index is 14.4. The van der Waals surface area contributed by atoms with E-state index in [1.165, 1.54) is 12.0 Å². The van der Waals surface area contributed by atoms with Gasteiger partial charge in [0.15, 0.2) is 0 Å². The van der Waals surface area contributed by atoms with Crippen LogP contribution in [0.25, 0.3) is 0 Å². The normalized spacial score (nSPS) is 22.9. The zero-order valence-electron chi connectivity index (χ0n) is 31.7. The van der Waals surface area contributed by atoms with Gasteiger partial charge < -0.3 is 30.9 Å². The molecule has 0 spiro atoms. The van der Waals surface area contributed by atoms with Gasteiger partial charge in [-0.25, -0.2) is 26.8 Å². The van der Waals surface area contributed by atoms with Gasteiger partial charge in [-0.3, -0.25) is 14.4 Å². The van der Waals surface area contributed by atoms with E-state index in [-0.39, 0.29) is 36.1 Å². The van der Waals surface area contributed by atoms with E-state index in [1.54, 1.807) is 45.0 Å². The number of halogens is 2. The van der Waals surface area contributed by atoms with Crippen LogP contribution in [-0.4, -0.2) is 105 Å². The highest BCUT2D eigenvalue weighted by atomic mass is 32.2. The van der Waals surface area contributed by atoms with Crippen LogP contribution in [0.5, 0.6) is 0 Å². The summed E-state index contributed by atoms with van der Waals surface area (Å²) in [6, 6.07) is 2.04. The van der Waals surface area contributed by atoms with Gasteiger partial charge in [-0.05, 0) is 59.6 Å². The molecule has 5 amide bonds. The SMILES string of the molecule is COC(=O)c1ccc(CCNC(=O)[C@H](CC(F)F)NC(=O)[C@@H]2[C@@H]3[C@H](CN2C(=O)[C@@H](NC(=O)NC2(CS(C)(=O)=O)CCCCC2)C(C)(C)C)C3(C)C)cc1. The lowest BCUT2D eigenvalue weighted by Crippen LogP contribution is -2.64. The lowest BCUT2D eigenvalue weighted by molar-refractivity contribution is -0.144. The average Bonchev–Trinajstić information content (AvgIpc) is 3.36. The highest BCUT2D eigenvalue weighted by Crippen LogP contribution is 2.65. The van der Waals surface area contributed by atoms with E-state index in [0.29, 0.717) is 24.8 Å². The van der Waals surface area contributed by atoms with E-state index < -0.39 is 81.5 Å². The number of hydrogen-bond acceptors (Lipinski definition) is 8. The monoisotopic (exact) mass is 767 g/mol. The molecule has 4 rings (SSSR count). The number of alkyl halides is 2. The van der Waals surface area contributed by atoms with Crippen LogP contribution in [0.1, 0.15) is 89.1 Å². The molecular weight excluding hydrogens is 712 g/mol. The second-order valence-corrected chi connectivity index (χ2v) is 18.8. The number of methoxy groups -OCH3 is 1. The molecule has 1 aromatic carbocycles. The largest absolute Gasteiger partial charge is 0.465 e. The molecule has 1 saturated heterocycles. The Labute approximate surface area is 311 Å². The first kappa shape index (κ1) is 41.9. The summed E-state index contributed by atoms with van der Waals surface area (Å²) in [7, 11) is -2.17. The Balaban J connectivity index is 1.47. The smallest absolute Gasteiger partial charge is 0.337 e. The second-order valence-electron chi connectivity index (χ2n) is 16.6. The maximum atomic E-state index is 14.4. The van der Waals surface area contributed by atoms with Crippen LogP contribution in [0.15, 0.2) is 24.3 Å². The molecular formula is C37H55F2N5O8S. The summed E-state index contributed by atoms with van der Waals surface area (Å²) in [6.45, 7) is 9.47. The number of hydrogen-bond donors (Lipinski definition) is 4. The number of carbonyl (C=O) groups is 5. The fourth-order valence-electron chi connectivity index (χ4n) is 8.12. The summed E-state index contributed by atoms with van der Waals surface area (Å²) in [5.41, 5.74) is -1.02. The molecule has 1 aliphatic heterocycles. The number of urea groups is 1. The fraction of sp³-hybridized carbons (Fsp3) is 0.703. The Morgan fingerprint density at radius 3 is 2.17 bits per heavy atom. The molecule has 1 heterocycles. The third-order valence-corrected chi connectivity index (χ3v) is 12.1. The van der Waals surface area contributed by atoms with Crippen molar-refractivity contribution in [3.05, 3.63) is 35.4 Å². The quantitative estimate of drug-likeness (QED) is 0.209. The number of nitrogens with zero attached hydrogens (tertiary/aromatic N) is 1. The van der Waals surface area contributed by atoms with Gasteiger partial charge >= 0.3 is 12.0 Å². The summed E-state index contributed by atoms with van der Waals surface area (Å²) in [5.74, 6) is -3.17. The van der Waals surface area contributed by atoms with Crippen LogP contribution in [0, 0.1) is 22.7 Å². The predicted molar refractivity (Wildman–Crippen MR) is 194 cm³/mol. The zero-order valence-corrected chi connectivity index (χ0v) is 32.5. The molecule has 0 radical (unpaired) electrons. The van der Waals surface area contributed by atoms with Crippen molar-refractivity contribution >= 4 is 39.6 Å². The minimum atomic E-state index is -3.44. The van der Waals surface area contributed by atoms with Crippen molar-refractivity contribution in [3.8, 4) is 0 Å². The van der Waals surface area contributed by atoms with E-state index in [9.17, 15) is 41.2 Å². The third kappa shape index (κ3) is 10.4. The number of sulfone groups is 1. The van der Waals surface area contributed by atoms with Crippen LogP contribution in [-0.2, 0) is 35.4 Å². The second kappa shape index (κ2) is 16.3. The lowest BCUT2D eigenvalue weighted by atomic mass is 9.83. The van der Waals surface area contributed by atoms with Gasteiger partial charge in [-0.15, -0.1) is 0 Å². The van der Waals surface area contributed by atoms with E-state index in [2.05, 4.69) is 26.0 Å². The number of nitrogens with one attached hydrogen (secondary N) is 4. The highest BCUT2D eigenvalue weighted by Gasteiger charge is 2.70. The average molecular weight is 768 g/mol. The summed E-state index contributed by atoms with van der Waals surface area (Å²) < 4.78 is 56.8. The molecule has 2 saturated carbocycles. The molecule has 0 bridgehead atoms. The van der Waals surface area contributed by atoms with Gasteiger partial charge in [-0.1, -0.05) is 66.0 Å². The van der Waals surface area contributed by atoms with Crippen LogP contribution < -0.4 is 21.3 Å². The molecule has 4 N–H and O–H groups in total. The topological polar surface area (TPSA) is 180 Å². The van der Waals surface area contributed by atoms with E-state index in [4.69, 9.17) is 0 Å². The molecule has 1 aromatic rings. The molecule has 3 fully saturated rings. The Hall–Kier alpha value is -3.82. The maximum Gasteiger partial charge on any atom is 0.337 e. The molecule has 3 aliphatic rings. The number of benzene rings is 1. The number of piperidine rings is 1. The van der Waals surface area contributed by atoms with Gasteiger partial charge in [0.05, 0.1) is 24.0 Å². The van der Waals surface area contributed by atoms with Gasteiger partial charge in [0.2, 0.25) is 24.1 Å². The lowest BCUT2D eigenvalue weighted by Gasteiger charge is -2.40. The molecule has 0 aromatic heterocycles. The van der Waals surface area contributed by atoms with Crippen molar-refractivity contribution in [1.29, 1.82) is 0 Å². The summed E-state index contributed by atoms with van der Waals surface area (Å²) in [4.78, 5) is 68.1. The molecule has 53 heavy (non-hydrogen) atoms. The number of ether oxygens (including phenoxy) is 1. The molecule has 296 valence electrons. The van der Waals surface area contributed by atoms with Crippen LogP contribution in [0.4, 0.5) is 13.6 Å². The van der Waals surface area contributed by atoms with Crippen molar-refractivity contribution < 1.29 is 45.9 Å². The Bertz CT molecular complexity index is 1640. The summed E-state index contributed by atoms with van der Waals surface area (Å²) >= 11 is 0. The summed E-state index contributed by atoms with van der Waals surface area (Å²) in [6.07, 6.45) is 0.975. The number of amides is 5. The highest BCUT2D eigenvalue weighted by molar-refractivity contribution is 7.90. The van der Waals surface area contributed by atoms with Crippen LogP contribution in [0.3, 0.4) is 0 Å². The van der Waals surface area contributed by atoms with Crippen molar-refractivity contribution in [1.82, 2.24) is 26.2 Å². The first-order chi connectivity index (χ1) is 24.6. The molecule has 0 unspecified atom stereocenters. The predicted octanol–water partition coefficient (Wildman–Crippen LogP) is 3.22. The molecule has 13 nitrogen and oxygen atoms in total. The summed E-state index contributed by atoms with van der Waals surface area (Å²) in [5, 5.41) is 10.8. The molecule has 16 heteroatoms. The van der Waals surface area contributed by atoms with E-state index >= 15 is 0 Å². The van der Waals surface area contributed by atoms with Crippen molar-refractivity contribution in [2.45, 2.75) is 110 Å². The minimum absolute atomic E-state index is 0.0649. The Kier molecular flexibility index (Phi) is 12.9. The van der Waals surface area contributed by atoms with Gasteiger partial charge in [0.25, 0.3) is 0 Å². The van der Waals surface area contributed by atoms with Crippen molar-refractivity contribution in [2.75, 3.05) is 32.2 Å². The van der Waals surface area contributed by atoms with E-state index in [1.807, 2.05) is 13.8 Å². The number of esters is 1. The van der Waals surface area contributed by atoms with Crippen LogP contribution in [0.2, 0.25) is 0 Å². The first-order valence-corrected chi connectivity index (χ1v) is 20.2. The number of rotatable bonds is 14. The first-order valence-electron chi connectivity index (χ1n) is 18.2. The number of likely N-dealkylation sites (tertiary alicyclic amines) is 1. The zero-order chi connectivity index (χ0) is 39.5. The van der Waals surface area contributed by atoms with Gasteiger partial charge in [0.1, 0.15) is 28.0 Å². The minimum Gasteiger partial charge on any atom is -0.465 e. The van der Waals surface area contributed by atoms with E-state index in [0.717, 1.165) is 31.1 Å². The van der Waals surface area contributed by atoms with Crippen molar-refractivity contribution in [3.63, 3.8) is 0 Å². The fourth-order valence-corrected chi connectivity index (χ4v) is 9.48. The third-order valence-electron chi connectivity index (χ3n) is 11.0. The molecule has 2 aliphatic carbocycles. The molecule has 5 atom stereocenters. The number of carbonyl (C=O) groups excluding carboxylic acids is 5.